The molecule has 0 radical (unpaired) electrons. The molecule has 1 rings (SSSR count). The Morgan fingerprint density at radius 1 is 1.60 bits per heavy atom. The van der Waals surface area contributed by atoms with E-state index in [2.05, 4.69) is 23.8 Å². The van der Waals surface area contributed by atoms with Crippen LogP contribution in [0.2, 0.25) is 0 Å². The van der Waals surface area contributed by atoms with Crippen molar-refractivity contribution in [2.75, 3.05) is 6.54 Å². The van der Waals surface area contributed by atoms with Crippen LogP contribution in [0.5, 0.6) is 0 Å². The predicted molar refractivity (Wildman–Crippen MR) is 45.2 cm³/mol. The van der Waals surface area contributed by atoms with Crippen LogP contribution in [0.4, 0.5) is 0 Å². The summed E-state index contributed by atoms with van der Waals surface area (Å²) in [6.07, 6.45) is 4.17. The summed E-state index contributed by atoms with van der Waals surface area (Å²) < 4.78 is 0. The van der Waals surface area contributed by atoms with Crippen molar-refractivity contribution >= 4 is 11.9 Å². The fourth-order valence-electron chi connectivity index (χ4n) is 1.04. The molecule has 1 aliphatic heterocycles. The molecule has 2 nitrogen and oxygen atoms in total. The van der Waals surface area contributed by atoms with Gasteiger partial charge in [0.15, 0.2) is 0 Å². The van der Waals surface area contributed by atoms with Crippen LogP contribution in [-0.4, -0.2) is 24.5 Å². The van der Waals surface area contributed by atoms with Crippen molar-refractivity contribution in [2.24, 2.45) is 9.98 Å². The Morgan fingerprint density at radius 2 is 2.40 bits per heavy atom. The summed E-state index contributed by atoms with van der Waals surface area (Å²) in [4.78, 5) is 8.60. The van der Waals surface area contributed by atoms with Gasteiger partial charge in [0.05, 0.1) is 6.54 Å². The van der Waals surface area contributed by atoms with E-state index < -0.39 is 0 Å². The lowest BCUT2D eigenvalue weighted by Crippen LogP contribution is -2.11. The van der Waals surface area contributed by atoms with E-state index in [9.17, 15) is 0 Å². The molecular formula is C8H14N2. The fourth-order valence-corrected chi connectivity index (χ4v) is 1.04. The highest BCUT2D eigenvalue weighted by Gasteiger charge is 2.01. The van der Waals surface area contributed by atoms with E-state index in [1.54, 1.807) is 0 Å². The molecule has 1 aliphatic rings. The molecule has 0 aliphatic carbocycles. The molecule has 0 spiro atoms. The van der Waals surface area contributed by atoms with Crippen LogP contribution >= 0.6 is 0 Å². The van der Waals surface area contributed by atoms with Gasteiger partial charge in [0.2, 0.25) is 0 Å². The average molecular weight is 138 g/mol. The van der Waals surface area contributed by atoms with Gasteiger partial charge in [0.1, 0.15) is 0 Å². The molecule has 56 valence electrons. The summed E-state index contributed by atoms with van der Waals surface area (Å²) >= 11 is 0. The zero-order chi connectivity index (χ0) is 7.40. The second-order valence-electron chi connectivity index (χ2n) is 2.85. The van der Waals surface area contributed by atoms with Crippen molar-refractivity contribution in [3.63, 3.8) is 0 Å². The Balaban J connectivity index is 2.48. The van der Waals surface area contributed by atoms with Gasteiger partial charge in [-0.15, -0.1) is 0 Å². The first-order valence-electron chi connectivity index (χ1n) is 3.83. The van der Waals surface area contributed by atoms with Crippen LogP contribution in [0.1, 0.15) is 26.7 Å². The second kappa shape index (κ2) is 3.49. The van der Waals surface area contributed by atoms with Gasteiger partial charge in [-0.05, 0) is 32.9 Å². The van der Waals surface area contributed by atoms with Gasteiger partial charge >= 0.3 is 0 Å². The molecule has 0 aromatic carbocycles. The van der Waals surface area contributed by atoms with E-state index in [1.165, 1.54) is 5.71 Å². The van der Waals surface area contributed by atoms with E-state index >= 15 is 0 Å². The van der Waals surface area contributed by atoms with Crippen LogP contribution in [0.25, 0.3) is 0 Å². The minimum atomic E-state index is 0.434. The largest absolute Gasteiger partial charge is 0.292 e. The minimum Gasteiger partial charge on any atom is -0.292 e. The summed E-state index contributed by atoms with van der Waals surface area (Å²) in [7, 11) is 0. The zero-order valence-electron chi connectivity index (χ0n) is 6.67. The van der Waals surface area contributed by atoms with Gasteiger partial charge in [-0.2, -0.15) is 0 Å². The van der Waals surface area contributed by atoms with Crippen LogP contribution < -0.4 is 0 Å². The highest BCUT2D eigenvalue weighted by molar-refractivity contribution is 5.91. The third-order valence-corrected chi connectivity index (χ3v) is 1.41. The molecule has 0 amide bonds. The van der Waals surface area contributed by atoms with Gasteiger partial charge in [0, 0.05) is 11.8 Å². The molecule has 0 aromatic rings. The first-order valence-corrected chi connectivity index (χ1v) is 3.83. The molecule has 0 saturated heterocycles. The molecule has 0 N–H and O–H groups in total. The Labute approximate surface area is 62.1 Å². The van der Waals surface area contributed by atoms with E-state index in [0.29, 0.717) is 6.04 Å². The first kappa shape index (κ1) is 7.45. The second-order valence-corrected chi connectivity index (χ2v) is 2.85. The van der Waals surface area contributed by atoms with Crippen LogP contribution in [0.3, 0.4) is 0 Å². The van der Waals surface area contributed by atoms with Crippen molar-refractivity contribution in [2.45, 2.75) is 32.7 Å². The Morgan fingerprint density at radius 3 is 2.90 bits per heavy atom. The SMILES string of the molecule is CC(C)N=C1CCC=NC1. The highest BCUT2D eigenvalue weighted by atomic mass is 14.8. The van der Waals surface area contributed by atoms with Gasteiger partial charge in [-0.3, -0.25) is 9.98 Å². The standard InChI is InChI=1S/C8H14N2/c1-7(2)10-8-4-3-5-9-6-8/h5,7H,3-4,6H2,1-2H3. The minimum absolute atomic E-state index is 0.434. The quantitative estimate of drug-likeness (QED) is 0.527. The number of rotatable bonds is 1. The van der Waals surface area contributed by atoms with E-state index in [4.69, 9.17) is 0 Å². The fraction of sp³-hybridized carbons (Fsp3) is 0.750. The summed E-state index contributed by atoms with van der Waals surface area (Å²) in [6.45, 7) is 5.04. The smallest absolute Gasteiger partial charge is 0.0764 e. The molecule has 0 bridgehead atoms. The monoisotopic (exact) mass is 138 g/mol. The molecule has 10 heavy (non-hydrogen) atoms. The Bertz CT molecular complexity index is 157. The van der Waals surface area contributed by atoms with Gasteiger partial charge in [-0.1, -0.05) is 0 Å². The maximum Gasteiger partial charge on any atom is 0.0764 e. The Hall–Kier alpha value is -0.660. The lowest BCUT2D eigenvalue weighted by molar-refractivity contribution is 0.821. The number of nitrogens with zero attached hydrogens (tertiary/aromatic N) is 2. The van der Waals surface area contributed by atoms with E-state index in [0.717, 1.165) is 19.4 Å². The summed E-state index contributed by atoms with van der Waals surface area (Å²) in [5.74, 6) is 0. The molecule has 0 aromatic heterocycles. The molecule has 1 heterocycles. The summed E-state index contributed by atoms with van der Waals surface area (Å²) in [5, 5.41) is 0. The van der Waals surface area contributed by atoms with Crippen molar-refractivity contribution in [1.82, 2.24) is 0 Å². The lowest BCUT2D eigenvalue weighted by atomic mass is 10.2. The average Bonchev–Trinajstić information content (AvgIpc) is 1.88. The lowest BCUT2D eigenvalue weighted by Gasteiger charge is -2.07. The third-order valence-electron chi connectivity index (χ3n) is 1.41. The number of hydrogen-bond acceptors (Lipinski definition) is 2. The van der Waals surface area contributed by atoms with Crippen molar-refractivity contribution < 1.29 is 0 Å². The van der Waals surface area contributed by atoms with Gasteiger partial charge < -0.3 is 0 Å². The molecule has 0 fully saturated rings. The predicted octanol–water partition coefficient (Wildman–Crippen LogP) is 1.70. The summed E-state index contributed by atoms with van der Waals surface area (Å²) in [5.41, 5.74) is 1.26. The normalized spacial score (nSPS) is 22.5. The number of aliphatic imine (C=N–C) groups is 2. The van der Waals surface area contributed by atoms with Gasteiger partial charge in [0.25, 0.3) is 0 Å². The maximum atomic E-state index is 4.44. The molecule has 0 unspecified atom stereocenters. The van der Waals surface area contributed by atoms with Crippen molar-refractivity contribution in [1.29, 1.82) is 0 Å². The van der Waals surface area contributed by atoms with Crippen molar-refractivity contribution in [3.8, 4) is 0 Å². The van der Waals surface area contributed by atoms with Crippen molar-refractivity contribution in [3.05, 3.63) is 0 Å². The van der Waals surface area contributed by atoms with Crippen LogP contribution in [0, 0.1) is 0 Å². The molecule has 0 saturated carbocycles. The van der Waals surface area contributed by atoms with Gasteiger partial charge in [-0.25, -0.2) is 0 Å². The number of hydrogen-bond donors (Lipinski definition) is 0. The highest BCUT2D eigenvalue weighted by Crippen LogP contribution is 2.00. The van der Waals surface area contributed by atoms with E-state index in [1.807, 2.05) is 6.21 Å². The maximum absolute atomic E-state index is 4.44. The molecule has 2 heteroatoms. The van der Waals surface area contributed by atoms with Crippen LogP contribution in [0.15, 0.2) is 9.98 Å². The summed E-state index contributed by atoms with van der Waals surface area (Å²) in [6, 6.07) is 0.434. The molecule has 0 atom stereocenters. The van der Waals surface area contributed by atoms with Crippen LogP contribution in [-0.2, 0) is 0 Å². The third kappa shape index (κ3) is 2.29. The Kier molecular flexibility index (Phi) is 2.60. The van der Waals surface area contributed by atoms with E-state index in [-0.39, 0.29) is 0 Å². The molecular weight excluding hydrogens is 124 g/mol. The zero-order valence-corrected chi connectivity index (χ0v) is 6.67. The topological polar surface area (TPSA) is 24.7 Å². The first-order chi connectivity index (χ1) is 4.79.